The summed E-state index contributed by atoms with van der Waals surface area (Å²) in [6.45, 7) is 3.36. The molecule has 3 aliphatic rings. The molecule has 0 aliphatic carbocycles. The number of amides is 2. The standard InChI is InChI=1S/C28H21FN2O7.C26H25FN4O7/c1-2-36-28(35)21-25(37-15-17-6-4-3-5-7-17)22-23-24(38-20(27(33)34)14-31(23)26(21)32)18(13-30-22)12-16-8-10-19(29)11-9-16;1-36-9-6-28-24(33)19-22(32)20-21-23(16(13-29-20)12-15-2-4-17(27)5-3-15)38-18(14-31(21)26(19)35)25(34)30-7-10-37-11-8-30/h3-11,13-14H,2,12,15H2,1H3,(H,33,34);2-5,13-14,32H,6-12H2,1H3,(H,28,33). The number of nitrogens with one attached hydrogen (secondary N) is 1. The van der Waals surface area contributed by atoms with Crippen molar-refractivity contribution < 1.29 is 66.6 Å². The molecule has 20 nitrogen and oxygen atoms in total. The monoisotopic (exact) mass is 1040 g/mol. The second kappa shape index (κ2) is 22.5. The van der Waals surface area contributed by atoms with Gasteiger partial charge in [-0.15, -0.1) is 0 Å². The lowest BCUT2D eigenvalue weighted by Crippen LogP contribution is -2.43. The van der Waals surface area contributed by atoms with E-state index in [4.69, 9.17) is 28.4 Å². The number of carbonyl (C=O) groups is 4. The average molecular weight is 1040 g/mol. The molecule has 0 saturated carbocycles. The molecule has 76 heavy (non-hydrogen) atoms. The van der Waals surface area contributed by atoms with Crippen LogP contribution in [0.1, 0.15) is 55.5 Å². The zero-order valence-corrected chi connectivity index (χ0v) is 40.7. The number of methoxy groups -OCH3 is 1. The maximum atomic E-state index is 13.6. The predicted octanol–water partition coefficient (Wildman–Crippen LogP) is 5.42. The van der Waals surface area contributed by atoms with Crippen LogP contribution >= 0.6 is 0 Å². The number of pyridine rings is 4. The summed E-state index contributed by atoms with van der Waals surface area (Å²) in [6, 6.07) is 20.7. The number of hydrogen-bond donors (Lipinski definition) is 3. The van der Waals surface area contributed by atoms with Crippen LogP contribution in [0.2, 0.25) is 0 Å². The van der Waals surface area contributed by atoms with Crippen molar-refractivity contribution in [3.63, 3.8) is 0 Å². The van der Waals surface area contributed by atoms with Crippen molar-refractivity contribution in [3.05, 3.63) is 174 Å². The number of ether oxygens (including phenoxy) is 6. The Hall–Kier alpha value is -9.28. The van der Waals surface area contributed by atoms with Gasteiger partial charge in [0.2, 0.25) is 11.5 Å². The Morgan fingerprint density at radius 1 is 0.737 bits per heavy atom. The van der Waals surface area contributed by atoms with E-state index in [1.165, 1.54) is 50.0 Å². The normalized spacial score (nSPS) is 13.3. The van der Waals surface area contributed by atoms with Crippen LogP contribution in [-0.2, 0) is 43.2 Å². The number of hydrogen-bond acceptors (Lipinski definition) is 15. The minimum Gasteiger partial charge on any atom is -0.505 e. The van der Waals surface area contributed by atoms with Gasteiger partial charge in [-0.2, -0.15) is 0 Å². The Bertz CT molecular complexity index is 3610. The second-order valence-electron chi connectivity index (χ2n) is 17.1. The number of morpholine rings is 1. The molecule has 0 radical (unpaired) electrons. The minimum absolute atomic E-state index is 0.00302. The minimum atomic E-state index is -1.41. The van der Waals surface area contributed by atoms with Crippen LogP contribution in [0.4, 0.5) is 8.78 Å². The van der Waals surface area contributed by atoms with E-state index in [-0.39, 0.29) is 90.1 Å². The highest BCUT2D eigenvalue weighted by Crippen LogP contribution is 2.41. The van der Waals surface area contributed by atoms with E-state index in [2.05, 4.69) is 15.3 Å². The van der Waals surface area contributed by atoms with Crippen LogP contribution in [0.5, 0.6) is 23.0 Å². The first-order chi connectivity index (χ1) is 36.8. The molecule has 390 valence electrons. The number of aromatic nitrogens is 4. The van der Waals surface area contributed by atoms with Crippen LogP contribution in [-0.4, -0.2) is 111 Å². The van der Waals surface area contributed by atoms with Gasteiger partial charge in [-0.3, -0.25) is 38.3 Å². The molecule has 4 aromatic heterocycles. The second-order valence-corrected chi connectivity index (χ2v) is 17.1. The highest BCUT2D eigenvalue weighted by atomic mass is 19.1. The lowest BCUT2D eigenvalue weighted by atomic mass is 10.0. The summed E-state index contributed by atoms with van der Waals surface area (Å²) in [7, 11) is 1.46. The topological polar surface area (TPSA) is 249 Å². The molecule has 10 rings (SSSR count). The van der Waals surface area contributed by atoms with Gasteiger partial charge < -0.3 is 48.9 Å². The maximum absolute atomic E-state index is 13.6. The van der Waals surface area contributed by atoms with Crippen molar-refractivity contribution in [2.75, 3.05) is 53.2 Å². The fourth-order valence-corrected chi connectivity index (χ4v) is 8.52. The number of rotatable bonds is 15. The van der Waals surface area contributed by atoms with E-state index in [1.54, 1.807) is 36.1 Å². The van der Waals surface area contributed by atoms with Crippen LogP contribution < -0.4 is 30.6 Å². The van der Waals surface area contributed by atoms with E-state index in [0.717, 1.165) is 26.5 Å². The molecule has 3 aromatic carbocycles. The van der Waals surface area contributed by atoms with Gasteiger partial charge in [0.1, 0.15) is 45.9 Å². The fourth-order valence-electron chi connectivity index (χ4n) is 8.52. The van der Waals surface area contributed by atoms with E-state index in [9.17, 15) is 47.8 Å². The number of carboxylic acids is 1. The first-order valence-corrected chi connectivity index (χ1v) is 23.6. The third-order valence-corrected chi connectivity index (χ3v) is 12.2. The van der Waals surface area contributed by atoms with Crippen molar-refractivity contribution in [2.24, 2.45) is 0 Å². The molecule has 22 heteroatoms. The fraction of sp³-hybridized carbons (Fsp3) is 0.222. The Morgan fingerprint density at radius 2 is 1.29 bits per heavy atom. The molecule has 3 aliphatic heterocycles. The number of esters is 1. The Labute approximate surface area is 429 Å². The highest BCUT2D eigenvalue weighted by Gasteiger charge is 2.34. The summed E-state index contributed by atoms with van der Waals surface area (Å²) >= 11 is 0. The van der Waals surface area contributed by atoms with Gasteiger partial charge in [-0.05, 0) is 47.9 Å². The van der Waals surface area contributed by atoms with Crippen LogP contribution in [0.25, 0.3) is 34.5 Å². The number of benzene rings is 3. The quantitative estimate of drug-likeness (QED) is 0.0857. The zero-order chi connectivity index (χ0) is 53.6. The number of aromatic hydroxyl groups is 1. The SMILES string of the molecule is CCOC(=O)c1c(OCc2ccccc2)c2ncc(Cc3ccc(F)cc3)c3c2n(c1=O)C=C(C(=O)O)O3.COCCNC(=O)c1c(O)c2ncc(Cc3ccc(F)cc3)c3c2n(c1=O)C=C(C(=O)N1CCOCC1)O3. The summed E-state index contributed by atoms with van der Waals surface area (Å²) in [6.07, 6.45) is 5.54. The van der Waals surface area contributed by atoms with Crippen LogP contribution in [0.15, 0.2) is 112 Å². The van der Waals surface area contributed by atoms with Crippen LogP contribution in [0.3, 0.4) is 0 Å². The summed E-state index contributed by atoms with van der Waals surface area (Å²) < 4.78 is 62.2. The largest absolute Gasteiger partial charge is 0.505 e. The molecule has 0 atom stereocenters. The first kappa shape index (κ1) is 51.6. The van der Waals surface area contributed by atoms with E-state index < -0.39 is 63.3 Å². The summed E-state index contributed by atoms with van der Waals surface area (Å²) in [5.41, 5.74) is 0.848. The summed E-state index contributed by atoms with van der Waals surface area (Å²) in [5, 5.41) is 23.1. The van der Waals surface area contributed by atoms with Crippen molar-refractivity contribution in [3.8, 4) is 23.0 Å². The molecule has 3 N–H and O–H groups in total. The molecule has 1 saturated heterocycles. The Balaban J connectivity index is 0.000000186. The maximum Gasteiger partial charge on any atom is 0.373 e. The third kappa shape index (κ3) is 10.6. The van der Waals surface area contributed by atoms with E-state index in [1.807, 2.05) is 30.3 Å². The third-order valence-electron chi connectivity index (χ3n) is 12.2. The highest BCUT2D eigenvalue weighted by molar-refractivity contribution is 6.05. The van der Waals surface area contributed by atoms with Gasteiger partial charge in [0, 0.05) is 63.1 Å². The van der Waals surface area contributed by atoms with E-state index >= 15 is 0 Å². The van der Waals surface area contributed by atoms with Crippen molar-refractivity contribution >= 4 is 58.2 Å². The van der Waals surface area contributed by atoms with Crippen LogP contribution in [0, 0.1) is 11.6 Å². The van der Waals surface area contributed by atoms with Crippen molar-refractivity contribution in [1.29, 1.82) is 0 Å². The Morgan fingerprint density at radius 3 is 1.87 bits per heavy atom. The first-order valence-electron chi connectivity index (χ1n) is 23.6. The average Bonchev–Trinajstić information content (AvgIpc) is 3.44. The lowest BCUT2D eigenvalue weighted by Gasteiger charge is -2.29. The summed E-state index contributed by atoms with van der Waals surface area (Å²) in [4.78, 5) is 88.5. The van der Waals surface area contributed by atoms with Crippen molar-refractivity contribution in [2.45, 2.75) is 26.4 Å². The van der Waals surface area contributed by atoms with Gasteiger partial charge in [-0.1, -0.05) is 54.6 Å². The molecule has 2 amide bonds. The molecule has 0 bridgehead atoms. The smallest absolute Gasteiger partial charge is 0.373 e. The molecular formula is C54H46F2N6O14. The molecule has 0 unspecified atom stereocenters. The number of nitrogens with zero attached hydrogens (tertiary/aromatic N) is 5. The van der Waals surface area contributed by atoms with Gasteiger partial charge in [0.05, 0.1) is 38.8 Å². The van der Waals surface area contributed by atoms with Crippen molar-refractivity contribution in [1.82, 2.24) is 29.3 Å². The number of carboxylic acid groups (broad SMARTS) is 1. The molecule has 7 heterocycles. The molecular weight excluding hydrogens is 995 g/mol. The Kier molecular flexibility index (Phi) is 15.3. The lowest BCUT2D eigenvalue weighted by molar-refractivity contribution is -0.135. The molecule has 0 spiro atoms. The number of carbonyl (C=O) groups excluding carboxylic acids is 3. The van der Waals surface area contributed by atoms with Gasteiger partial charge in [0.25, 0.3) is 22.9 Å². The van der Waals surface area contributed by atoms with E-state index in [0.29, 0.717) is 43.0 Å². The molecule has 1 fully saturated rings. The summed E-state index contributed by atoms with van der Waals surface area (Å²) in [5.74, 6) is -5.57. The molecule has 7 aromatic rings. The predicted molar refractivity (Wildman–Crippen MR) is 268 cm³/mol. The van der Waals surface area contributed by atoms with Gasteiger partial charge in [0.15, 0.2) is 28.6 Å². The van der Waals surface area contributed by atoms with Gasteiger partial charge in [-0.25, -0.2) is 18.4 Å². The number of halogens is 2. The number of aliphatic carboxylic acids is 1. The zero-order valence-electron chi connectivity index (χ0n) is 40.7. The van der Waals surface area contributed by atoms with Gasteiger partial charge >= 0.3 is 11.9 Å².